The van der Waals surface area contributed by atoms with Crippen molar-refractivity contribution in [1.82, 2.24) is 5.32 Å². The van der Waals surface area contributed by atoms with Gasteiger partial charge in [0.25, 0.3) is 0 Å². The first-order valence-corrected chi connectivity index (χ1v) is 30.6. The predicted molar refractivity (Wildman–Crippen MR) is 305 cm³/mol. The van der Waals surface area contributed by atoms with Crippen molar-refractivity contribution < 1.29 is 24.5 Å². The highest BCUT2D eigenvalue weighted by atomic mass is 16.5. The zero-order valence-corrected chi connectivity index (χ0v) is 46.5. The summed E-state index contributed by atoms with van der Waals surface area (Å²) in [7, 11) is 0. The SMILES string of the molecule is CCCCCC/C=C\C/C=C\CCCCCCCCCC(=O)OCC/C=C\C/C=C\CCCCCCCCCCCCCCCCC(=O)NC(CO)C(O)/C=C/CCCCCCCCCCCCCC. The molecule has 3 N–H and O–H groups in total. The lowest BCUT2D eigenvalue weighted by atomic mass is 10.0. The first kappa shape index (κ1) is 67.6. The van der Waals surface area contributed by atoms with Gasteiger partial charge in [0.05, 0.1) is 25.4 Å². The van der Waals surface area contributed by atoms with E-state index in [1.54, 1.807) is 6.08 Å². The number of allylic oxidation sites excluding steroid dienone is 8. The minimum Gasteiger partial charge on any atom is -0.465 e. The van der Waals surface area contributed by atoms with Crippen LogP contribution in [0.25, 0.3) is 0 Å². The van der Waals surface area contributed by atoms with E-state index in [2.05, 4.69) is 67.8 Å². The van der Waals surface area contributed by atoms with Gasteiger partial charge in [-0.1, -0.05) is 274 Å². The van der Waals surface area contributed by atoms with Crippen molar-refractivity contribution in [3.8, 4) is 0 Å². The fourth-order valence-electron chi connectivity index (χ4n) is 9.09. The Morgan fingerprint density at radius 1 is 0.400 bits per heavy atom. The van der Waals surface area contributed by atoms with E-state index in [0.29, 0.717) is 19.4 Å². The van der Waals surface area contributed by atoms with Crippen molar-refractivity contribution in [3.63, 3.8) is 0 Å². The van der Waals surface area contributed by atoms with Crippen LogP contribution in [0.2, 0.25) is 0 Å². The summed E-state index contributed by atoms with van der Waals surface area (Å²) in [6, 6.07) is -0.633. The van der Waals surface area contributed by atoms with Gasteiger partial charge in [-0.3, -0.25) is 9.59 Å². The van der Waals surface area contributed by atoms with Gasteiger partial charge in [0.1, 0.15) is 0 Å². The van der Waals surface area contributed by atoms with Gasteiger partial charge < -0.3 is 20.3 Å². The normalized spacial score (nSPS) is 13.0. The van der Waals surface area contributed by atoms with Crippen LogP contribution in [0.5, 0.6) is 0 Å². The number of rotatable bonds is 56. The summed E-state index contributed by atoms with van der Waals surface area (Å²) in [5.74, 6) is -0.117. The first-order valence-electron chi connectivity index (χ1n) is 30.6. The minimum atomic E-state index is -0.849. The molecule has 0 aliphatic rings. The zero-order valence-electron chi connectivity index (χ0n) is 46.5. The molecule has 6 heteroatoms. The Bertz CT molecular complexity index is 1220. The molecule has 6 nitrogen and oxygen atoms in total. The van der Waals surface area contributed by atoms with Crippen LogP contribution in [0.15, 0.2) is 60.8 Å². The second kappa shape index (κ2) is 59.1. The number of carbonyl (C=O) groups is 2. The molecule has 0 aromatic rings. The van der Waals surface area contributed by atoms with Crippen LogP contribution in [0.4, 0.5) is 0 Å². The Morgan fingerprint density at radius 2 is 0.714 bits per heavy atom. The highest BCUT2D eigenvalue weighted by Crippen LogP contribution is 2.16. The molecule has 0 spiro atoms. The molecule has 0 fully saturated rings. The minimum absolute atomic E-state index is 0.0438. The van der Waals surface area contributed by atoms with Crippen LogP contribution in [0.3, 0.4) is 0 Å². The molecule has 0 aromatic carbocycles. The molecule has 2 unspecified atom stereocenters. The van der Waals surface area contributed by atoms with Crippen molar-refractivity contribution in [3.05, 3.63) is 60.8 Å². The summed E-state index contributed by atoms with van der Waals surface area (Å²) in [5.41, 5.74) is 0. The highest BCUT2D eigenvalue weighted by molar-refractivity contribution is 5.76. The average molecular weight is 981 g/mol. The fraction of sp³-hybridized carbons (Fsp3) is 0.812. The standard InChI is InChI=1S/C64H117NO5/c1-3-5-7-9-11-13-15-17-19-20-27-30-34-38-42-46-50-54-58-64(69)70-59-55-51-47-43-39-35-31-28-25-23-21-22-24-26-29-33-37-41-45-49-53-57-63(68)65-61(60-66)62(67)56-52-48-44-40-36-32-18-16-14-12-10-8-6-4-2/h13,15,19-20,35,39,47,51-52,56,61-62,66-67H,3-12,14,16-18,21-34,36-38,40-46,48-50,53-55,57-60H2,1-2H3,(H,65,68)/b15-13-,20-19-,39-35-,51-47-,56-52+. The largest absolute Gasteiger partial charge is 0.465 e. The van der Waals surface area contributed by atoms with Crippen molar-refractivity contribution in [1.29, 1.82) is 0 Å². The molecule has 0 aromatic heterocycles. The van der Waals surface area contributed by atoms with Crippen LogP contribution in [-0.2, 0) is 14.3 Å². The van der Waals surface area contributed by atoms with Gasteiger partial charge in [-0.25, -0.2) is 0 Å². The predicted octanol–water partition coefficient (Wildman–Crippen LogP) is 19.1. The van der Waals surface area contributed by atoms with E-state index >= 15 is 0 Å². The maximum atomic E-state index is 12.5. The molecule has 0 aliphatic heterocycles. The van der Waals surface area contributed by atoms with E-state index in [-0.39, 0.29) is 18.5 Å². The quantitative estimate of drug-likeness (QED) is 0.0321. The summed E-state index contributed by atoms with van der Waals surface area (Å²) >= 11 is 0. The van der Waals surface area contributed by atoms with Crippen LogP contribution in [-0.4, -0.2) is 47.4 Å². The molecule has 2 atom stereocenters. The number of aliphatic hydroxyl groups is 2. The Labute approximate surface area is 435 Å². The molecule has 0 aliphatic carbocycles. The smallest absolute Gasteiger partial charge is 0.305 e. The monoisotopic (exact) mass is 980 g/mol. The number of unbranched alkanes of at least 4 members (excludes halogenated alkanes) is 37. The van der Waals surface area contributed by atoms with Crippen LogP contribution < -0.4 is 5.32 Å². The third kappa shape index (κ3) is 54.9. The summed E-state index contributed by atoms with van der Waals surface area (Å²) in [6.45, 7) is 4.77. The molecule has 0 heterocycles. The molecule has 0 bridgehead atoms. The fourth-order valence-corrected chi connectivity index (χ4v) is 9.09. The van der Waals surface area contributed by atoms with Gasteiger partial charge in [0.2, 0.25) is 5.91 Å². The van der Waals surface area contributed by atoms with Gasteiger partial charge in [-0.05, 0) is 83.5 Å². The van der Waals surface area contributed by atoms with Gasteiger partial charge in [-0.15, -0.1) is 0 Å². The Morgan fingerprint density at radius 3 is 1.10 bits per heavy atom. The van der Waals surface area contributed by atoms with Gasteiger partial charge in [0.15, 0.2) is 0 Å². The molecule has 408 valence electrons. The number of carbonyl (C=O) groups excluding carboxylic acids is 2. The topological polar surface area (TPSA) is 95.9 Å². The molecule has 1 amide bonds. The van der Waals surface area contributed by atoms with Crippen molar-refractivity contribution >= 4 is 11.9 Å². The Kier molecular flexibility index (Phi) is 57.1. The van der Waals surface area contributed by atoms with Gasteiger partial charge >= 0.3 is 5.97 Å². The second-order valence-electron chi connectivity index (χ2n) is 20.7. The summed E-state index contributed by atoms with van der Waals surface area (Å²) in [4.78, 5) is 24.5. The van der Waals surface area contributed by atoms with Crippen LogP contribution >= 0.6 is 0 Å². The van der Waals surface area contributed by atoms with E-state index in [4.69, 9.17) is 4.74 Å². The third-order valence-corrected chi connectivity index (χ3v) is 13.8. The number of aliphatic hydroxyl groups excluding tert-OH is 2. The number of esters is 1. The number of nitrogens with one attached hydrogen (secondary N) is 1. The number of hydrogen-bond donors (Lipinski definition) is 3. The number of ether oxygens (including phenoxy) is 1. The maximum absolute atomic E-state index is 12.5. The average Bonchev–Trinajstić information content (AvgIpc) is 3.36. The summed E-state index contributed by atoms with van der Waals surface area (Å²) in [6.07, 6.45) is 77.0. The van der Waals surface area contributed by atoms with Crippen molar-refractivity contribution in [2.24, 2.45) is 0 Å². The molecular weight excluding hydrogens is 863 g/mol. The molecule has 70 heavy (non-hydrogen) atoms. The molecule has 0 radical (unpaired) electrons. The lowest BCUT2D eigenvalue weighted by Gasteiger charge is -2.20. The Balaban J connectivity index is 3.48. The third-order valence-electron chi connectivity index (χ3n) is 13.8. The molecule has 0 saturated heterocycles. The van der Waals surface area contributed by atoms with Gasteiger partial charge in [0, 0.05) is 12.8 Å². The van der Waals surface area contributed by atoms with Crippen molar-refractivity contribution in [2.75, 3.05) is 13.2 Å². The van der Waals surface area contributed by atoms with E-state index in [9.17, 15) is 19.8 Å². The molecular formula is C64H117NO5. The molecule has 0 rings (SSSR count). The zero-order chi connectivity index (χ0) is 50.7. The van der Waals surface area contributed by atoms with E-state index in [1.807, 2.05) is 6.08 Å². The lowest BCUT2D eigenvalue weighted by Crippen LogP contribution is -2.45. The number of amides is 1. The summed E-state index contributed by atoms with van der Waals surface area (Å²) in [5, 5.41) is 23.1. The summed E-state index contributed by atoms with van der Waals surface area (Å²) < 4.78 is 5.42. The van der Waals surface area contributed by atoms with Crippen molar-refractivity contribution in [2.45, 2.75) is 321 Å². The second-order valence-corrected chi connectivity index (χ2v) is 20.7. The lowest BCUT2D eigenvalue weighted by molar-refractivity contribution is -0.143. The van der Waals surface area contributed by atoms with E-state index < -0.39 is 12.1 Å². The first-order chi connectivity index (χ1) is 34.5. The van der Waals surface area contributed by atoms with E-state index in [1.165, 1.54) is 225 Å². The maximum Gasteiger partial charge on any atom is 0.305 e. The van der Waals surface area contributed by atoms with E-state index in [0.717, 1.165) is 57.8 Å². The van der Waals surface area contributed by atoms with Crippen LogP contribution in [0, 0.1) is 0 Å². The highest BCUT2D eigenvalue weighted by Gasteiger charge is 2.18. The van der Waals surface area contributed by atoms with Gasteiger partial charge in [-0.2, -0.15) is 0 Å². The molecule has 0 saturated carbocycles. The Hall–Kier alpha value is -2.44. The van der Waals surface area contributed by atoms with Crippen LogP contribution in [0.1, 0.15) is 309 Å². The number of hydrogen-bond acceptors (Lipinski definition) is 5.